The molecule has 3 aromatic carbocycles. The lowest BCUT2D eigenvalue weighted by Crippen LogP contribution is -2.19. The minimum atomic E-state index is -0.167. The van der Waals surface area contributed by atoms with E-state index in [2.05, 4.69) is 10.5 Å². The van der Waals surface area contributed by atoms with Crippen molar-refractivity contribution < 1.29 is 9.53 Å². The molecule has 142 valence electrons. The number of para-hydroxylation sites is 1. The highest BCUT2D eigenvalue weighted by molar-refractivity contribution is 6.30. The SMILES string of the molecule is Cc1ccc(CC(=O)N/N=C/c2ccccc2OCc2ccc(Cl)cc2)cc1. The number of hydrazone groups is 1. The second-order valence-corrected chi connectivity index (χ2v) is 6.84. The average Bonchev–Trinajstić information content (AvgIpc) is 2.70. The van der Waals surface area contributed by atoms with Crippen LogP contribution in [0.15, 0.2) is 77.9 Å². The summed E-state index contributed by atoms with van der Waals surface area (Å²) in [5.74, 6) is 0.522. The van der Waals surface area contributed by atoms with Crippen LogP contribution in [-0.4, -0.2) is 12.1 Å². The number of rotatable bonds is 7. The first-order chi connectivity index (χ1) is 13.6. The number of amides is 1. The Labute approximate surface area is 169 Å². The van der Waals surface area contributed by atoms with Gasteiger partial charge < -0.3 is 4.74 Å². The molecule has 0 bridgehead atoms. The van der Waals surface area contributed by atoms with Crippen molar-refractivity contribution in [2.45, 2.75) is 20.0 Å². The van der Waals surface area contributed by atoms with Crippen LogP contribution in [0.2, 0.25) is 5.02 Å². The van der Waals surface area contributed by atoms with Gasteiger partial charge in [0.15, 0.2) is 0 Å². The maximum atomic E-state index is 12.0. The van der Waals surface area contributed by atoms with Gasteiger partial charge in [-0.05, 0) is 42.3 Å². The van der Waals surface area contributed by atoms with Gasteiger partial charge in [-0.2, -0.15) is 5.10 Å². The summed E-state index contributed by atoms with van der Waals surface area (Å²) in [6.07, 6.45) is 1.87. The number of ether oxygens (including phenoxy) is 1. The molecular formula is C23H21ClN2O2. The van der Waals surface area contributed by atoms with E-state index in [0.29, 0.717) is 17.4 Å². The maximum absolute atomic E-state index is 12.0. The molecule has 0 aromatic heterocycles. The Balaban J connectivity index is 1.56. The van der Waals surface area contributed by atoms with Gasteiger partial charge in [-0.15, -0.1) is 0 Å². The predicted molar refractivity (Wildman–Crippen MR) is 113 cm³/mol. The van der Waals surface area contributed by atoms with Gasteiger partial charge in [-0.25, -0.2) is 5.43 Å². The van der Waals surface area contributed by atoms with Crippen molar-refractivity contribution in [2.24, 2.45) is 5.10 Å². The summed E-state index contributed by atoms with van der Waals surface area (Å²) in [4.78, 5) is 12.0. The quantitative estimate of drug-likeness (QED) is 0.458. The van der Waals surface area contributed by atoms with Crippen molar-refractivity contribution >= 4 is 23.7 Å². The zero-order valence-corrected chi connectivity index (χ0v) is 16.3. The lowest BCUT2D eigenvalue weighted by molar-refractivity contribution is -0.120. The van der Waals surface area contributed by atoms with Crippen molar-refractivity contribution in [1.29, 1.82) is 0 Å². The van der Waals surface area contributed by atoms with E-state index < -0.39 is 0 Å². The zero-order chi connectivity index (χ0) is 19.8. The lowest BCUT2D eigenvalue weighted by Gasteiger charge is -2.09. The van der Waals surface area contributed by atoms with E-state index >= 15 is 0 Å². The fraction of sp³-hybridized carbons (Fsp3) is 0.130. The van der Waals surface area contributed by atoms with Crippen LogP contribution in [0.3, 0.4) is 0 Å². The van der Waals surface area contributed by atoms with Crippen LogP contribution in [0, 0.1) is 6.92 Å². The van der Waals surface area contributed by atoms with Crippen molar-refractivity contribution in [3.63, 3.8) is 0 Å². The molecule has 5 heteroatoms. The Morgan fingerprint density at radius 2 is 1.68 bits per heavy atom. The van der Waals surface area contributed by atoms with Crippen LogP contribution in [-0.2, 0) is 17.8 Å². The number of aryl methyl sites for hydroxylation is 1. The van der Waals surface area contributed by atoms with Gasteiger partial charge in [0.2, 0.25) is 5.91 Å². The van der Waals surface area contributed by atoms with Gasteiger partial charge in [0.05, 0.1) is 12.6 Å². The Morgan fingerprint density at radius 3 is 2.43 bits per heavy atom. The van der Waals surface area contributed by atoms with Gasteiger partial charge in [-0.1, -0.05) is 65.7 Å². The second kappa shape index (κ2) is 9.72. The molecule has 0 aliphatic rings. The molecule has 4 nitrogen and oxygen atoms in total. The van der Waals surface area contributed by atoms with Gasteiger partial charge in [0, 0.05) is 10.6 Å². The fourth-order valence-electron chi connectivity index (χ4n) is 2.57. The molecule has 28 heavy (non-hydrogen) atoms. The molecule has 1 N–H and O–H groups in total. The summed E-state index contributed by atoms with van der Waals surface area (Å²) in [6.45, 7) is 2.43. The smallest absolute Gasteiger partial charge is 0.244 e. The van der Waals surface area contributed by atoms with Crippen LogP contribution < -0.4 is 10.2 Å². The number of nitrogens with one attached hydrogen (secondary N) is 1. The van der Waals surface area contributed by atoms with Crippen molar-refractivity contribution in [1.82, 2.24) is 5.43 Å². The summed E-state index contributed by atoms with van der Waals surface area (Å²) in [5.41, 5.74) is 6.48. The van der Waals surface area contributed by atoms with Crippen molar-refractivity contribution in [3.8, 4) is 5.75 Å². The molecule has 0 unspecified atom stereocenters. The number of nitrogens with zero attached hydrogens (tertiary/aromatic N) is 1. The Hall–Kier alpha value is -3.11. The maximum Gasteiger partial charge on any atom is 0.244 e. The second-order valence-electron chi connectivity index (χ2n) is 6.41. The van der Waals surface area contributed by atoms with Crippen LogP contribution in [0.1, 0.15) is 22.3 Å². The van der Waals surface area contributed by atoms with E-state index in [9.17, 15) is 4.79 Å². The zero-order valence-electron chi connectivity index (χ0n) is 15.6. The molecule has 1 amide bonds. The minimum absolute atomic E-state index is 0.167. The third kappa shape index (κ3) is 5.96. The number of hydrogen-bond donors (Lipinski definition) is 1. The van der Waals surface area contributed by atoms with Crippen LogP contribution in [0.5, 0.6) is 5.75 Å². The summed E-state index contributed by atoms with van der Waals surface area (Å²) in [5, 5.41) is 4.75. The molecule has 0 radical (unpaired) electrons. The molecule has 0 atom stereocenters. The molecule has 0 aliphatic heterocycles. The number of hydrogen-bond acceptors (Lipinski definition) is 3. The number of benzene rings is 3. The number of carbonyl (C=O) groups excluding carboxylic acids is 1. The summed E-state index contributed by atoms with van der Waals surface area (Å²) in [7, 11) is 0. The minimum Gasteiger partial charge on any atom is -0.488 e. The molecular weight excluding hydrogens is 372 g/mol. The first-order valence-electron chi connectivity index (χ1n) is 8.94. The fourth-order valence-corrected chi connectivity index (χ4v) is 2.69. The largest absolute Gasteiger partial charge is 0.488 e. The molecule has 0 aliphatic carbocycles. The van der Waals surface area contributed by atoms with E-state index in [0.717, 1.165) is 22.3 Å². The number of carbonyl (C=O) groups is 1. The van der Waals surface area contributed by atoms with Gasteiger partial charge in [0.25, 0.3) is 0 Å². The van der Waals surface area contributed by atoms with E-state index in [1.807, 2.05) is 79.7 Å². The van der Waals surface area contributed by atoms with Crippen LogP contribution >= 0.6 is 11.6 Å². The van der Waals surface area contributed by atoms with Crippen molar-refractivity contribution in [2.75, 3.05) is 0 Å². The van der Waals surface area contributed by atoms with Crippen LogP contribution in [0.4, 0.5) is 0 Å². The molecule has 0 saturated carbocycles. The Morgan fingerprint density at radius 1 is 1.00 bits per heavy atom. The Bertz CT molecular complexity index is 951. The number of halogens is 1. The molecule has 0 saturated heterocycles. The predicted octanol–water partition coefficient (Wildman–Crippen LogP) is 4.92. The summed E-state index contributed by atoms with van der Waals surface area (Å²) in [6, 6.07) is 22.9. The van der Waals surface area contributed by atoms with Gasteiger partial charge in [0.1, 0.15) is 12.4 Å². The highest BCUT2D eigenvalue weighted by atomic mass is 35.5. The third-order valence-corrected chi connectivity index (χ3v) is 4.36. The normalized spacial score (nSPS) is 10.8. The third-order valence-electron chi connectivity index (χ3n) is 4.10. The average molecular weight is 393 g/mol. The molecule has 3 rings (SSSR count). The Kier molecular flexibility index (Phi) is 6.82. The van der Waals surface area contributed by atoms with Gasteiger partial charge >= 0.3 is 0 Å². The topological polar surface area (TPSA) is 50.7 Å². The standard InChI is InChI=1S/C23H21ClN2O2/c1-17-6-8-18(9-7-17)14-23(27)26-25-15-20-4-2-3-5-22(20)28-16-19-10-12-21(24)13-11-19/h2-13,15H,14,16H2,1H3,(H,26,27)/b25-15+. The first-order valence-corrected chi connectivity index (χ1v) is 9.32. The highest BCUT2D eigenvalue weighted by Gasteiger charge is 2.04. The summed E-state index contributed by atoms with van der Waals surface area (Å²) < 4.78 is 5.88. The molecule has 0 fully saturated rings. The highest BCUT2D eigenvalue weighted by Crippen LogP contribution is 2.18. The van der Waals surface area contributed by atoms with E-state index in [1.165, 1.54) is 0 Å². The van der Waals surface area contributed by atoms with Gasteiger partial charge in [-0.3, -0.25) is 4.79 Å². The molecule has 3 aromatic rings. The monoisotopic (exact) mass is 392 g/mol. The molecule has 0 spiro atoms. The first kappa shape index (κ1) is 19.6. The summed E-state index contributed by atoms with van der Waals surface area (Å²) >= 11 is 5.90. The van der Waals surface area contributed by atoms with Crippen LogP contribution in [0.25, 0.3) is 0 Å². The molecule has 0 heterocycles. The van der Waals surface area contributed by atoms with E-state index in [4.69, 9.17) is 16.3 Å². The van der Waals surface area contributed by atoms with Crippen molar-refractivity contribution in [3.05, 3.63) is 100 Å². The lowest BCUT2D eigenvalue weighted by atomic mass is 10.1. The van der Waals surface area contributed by atoms with E-state index in [-0.39, 0.29) is 12.3 Å². The van der Waals surface area contributed by atoms with E-state index in [1.54, 1.807) is 6.21 Å².